The number of nitrogens with one attached hydrogen (secondary N) is 1. The van der Waals surface area contributed by atoms with Crippen molar-refractivity contribution in [2.24, 2.45) is 0 Å². The third kappa shape index (κ3) is 6.10. The zero-order valence-electron chi connectivity index (χ0n) is 14.0. The lowest BCUT2D eigenvalue weighted by molar-refractivity contribution is 0.102. The molecule has 0 unspecified atom stereocenters. The normalized spacial score (nSPS) is 10.6. The van der Waals surface area contributed by atoms with Crippen molar-refractivity contribution in [2.45, 2.75) is 10.8 Å². The number of anilines is 1. The zero-order chi connectivity index (χ0) is 19.1. The largest absolute Gasteiger partial charge is 0.494 e. The molecule has 1 aromatic heterocycles. The molecule has 0 aliphatic heterocycles. The van der Waals surface area contributed by atoms with Gasteiger partial charge in [0.1, 0.15) is 5.75 Å². The molecule has 0 atom stereocenters. The molecule has 1 amide bonds. The van der Waals surface area contributed by atoms with Crippen molar-refractivity contribution in [2.75, 3.05) is 17.7 Å². The van der Waals surface area contributed by atoms with Gasteiger partial charge in [0.05, 0.1) is 17.2 Å². The maximum absolute atomic E-state index is 12.3. The van der Waals surface area contributed by atoms with Gasteiger partial charge in [-0.1, -0.05) is 64.5 Å². The number of aromatic nitrogens is 2. The molecule has 5 nitrogen and oxygen atoms in total. The molecule has 3 rings (SSSR count). The lowest BCUT2D eigenvalue weighted by atomic mass is 10.2. The fourth-order valence-electron chi connectivity index (χ4n) is 2.08. The van der Waals surface area contributed by atoms with Crippen molar-refractivity contribution in [3.8, 4) is 5.75 Å². The summed E-state index contributed by atoms with van der Waals surface area (Å²) in [6.45, 7) is 0.633. The number of benzene rings is 2. The molecule has 27 heavy (non-hydrogen) atoms. The quantitative estimate of drug-likeness (QED) is 0.278. The van der Waals surface area contributed by atoms with Crippen LogP contribution in [0.1, 0.15) is 16.8 Å². The minimum atomic E-state index is -0.347. The first kappa shape index (κ1) is 19.9. The van der Waals surface area contributed by atoms with E-state index in [0.717, 1.165) is 22.3 Å². The van der Waals surface area contributed by atoms with Crippen LogP contribution >= 0.6 is 46.3 Å². The Morgan fingerprint density at radius 3 is 2.74 bits per heavy atom. The number of nitrogens with zero attached hydrogens (tertiary/aromatic N) is 2. The van der Waals surface area contributed by atoms with Crippen LogP contribution in [0, 0.1) is 0 Å². The third-order valence-electron chi connectivity index (χ3n) is 3.33. The van der Waals surface area contributed by atoms with E-state index in [1.807, 2.05) is 30.3 Å². The molecule has 0 bridgehead atoms. The van der Waals surface area contributed by atoms with Crippen molar-refractivity contribution < 1.29 is 9.53 Å². The maximum Gasteiger partial charge on any atom is 0.259 e. The average molecular weight is 440 g/mol. The van der Waals surface area contributed by atoms with Crippen LogP contribution in [0.15, 0.2) is 52.9 Å². The van der Waals surface area contributed by atoms with E-state index in [1.165, 1.54) is 17.4 Å². The Labute approximate surface area is 175 Å². The Morgan fingerprint density at radius 2 is 1.96 bits per heavy atom. The van der Waals surface area contributed by atoms with Crippen LogP contribution in [0.25, 0.3) is 0 Å². The van der Waals surface area contributed by atoms with E-state index in [0.29, 0.717) is 22.3 Å². The van der Waals surface area contributed by atoms with E-state index in [2.05, 4.69) is 15.5 Å². The Hall–Kier alpha value is -1.80. The lowest BCUT2D eigenvalue weighted by Crippen LogP contribution is -2.12. The molecule has 0 saturated heterocycles. The molecule has 0 aliphatic carbocycles. The van der Waals surface area contributed by atoms with E-state index < -0.39 is 0 Å². The number of carbonyl (C=O) groups is 1. The first-order valence-electron chi connectivity index (χ1n) is 8.02. The van der Waals surface area contributed by atoms with Crippen LogP contribution in [-0.2, 0) is 0 Å². The van der Waals surface area contributed by atoms with Gasteiger partial charge in [-0.2, -0.15) is 0 Å². The van der Waals surface area contributed by atoms with E-state index >= 15 is 0 Å². The first-order chi connectivity index (χ1) is 13.1. The summed E-state index contributed by atoms with van der Waals surface area (Å²) >= 11 is 14.8. The van der Waals surface area contributed by atoms with Gasteiger partial charge in [-0.05, 0) is 36.8 Å². The summed E-state index contributed by atoms with van der Waals surface area (Å²) in [5.41, 5.74) is 0.337. The highest BCUT2D eigenvalue weighted by atomic mass is 35.5. The van der Waals surface area contributed by atoms with Crippen molar-refractivity contribution in [1.82, 2.24) is 10.2 Å². The molecule has 1 N–H and O–H groups in total. The molecule has 3 aromatic rings. The highest BCUT2D eigenvalue weighted by molar-refractivity contribution is 8.01. The second-order valence-corrected chi connectivity index (χ2v) is 8.48. The summed E-state index contributed by atoms with van der Waals surface area (Å²) in [5, 5.41) is 12.0. The zero-order valence-corrected chi connectivity index (χ0v) is 17.2. The van der Waals surface area contributed by atoms with E-state index in [4.69, 9.17) is 27.9 Å². The van der Waals surface area contributed by atoms with Gasteiger partial charge in [-0.3, -0.25) is 10.1 Å². The van der Waals surface area contributed by atoms with Gasteiger partial charge in [-0.15, -0.1) is 10.2 Å². The molecular formula is C18H15Cl2N3O2S2. The molecule has 140 valence electrons. The van der Waals surface area contributed by atoms with Gasteiger partial charge in [0, 0.05) is 10.8 Å². The average Bonchev–Trinajstić information content (AvgIpc) is 3.09. The number of halogens is 2. The number of hydrogen-bond donors (Lipinski definition) is 1. The summed E-state index contributed by atoms with van der Waals surface area (Å²) in [6.07, 6.45) is 0.876. The topological polar surface area (TPSA) is 64.1 Å². The number of hydrogen-bond acceptors (Lipinski definition) is 6. The van der Waals surface area contributed by atoms with Crippen LogP contribution in [0.2, 0.25) is 10.0 Å². The van der Waals surface area contributed by atoms with Crippen LogP contribution in [0.4, 0.5) is 5.13 Å². The predicted octanol–water partition coefficient (Wildman–Crippen LogP) is 5.66. The van der Waals surface area contributed by atoms with Gasteiger partial charge < -0.3 is 4.74 Å². The number of rotatable bonds is 8. The van der Waals surface area contributed by atoms with Gasteiger partial charge in [0.25, 0.3) is 5.91 Å². The van der Waals surface area contributed by atoms with Crippen LogP contribution in [-0.4, -0.2) is 28.5 Å². The Kier molecular flexibility index (Phi) is 7.34. The minimum absolute atomic E-state index is 0.289. The standard InChI is InChI=1S/C18H15Cl2N3O2S2/c19-12-7-8-14(15(20)11-12)16(24)21-17-22-23-18(27-17)26-10-4-9-25-13-5-2-1-3-6-13/h1-3,5-8,11H,4,9-10H2,(H,21,22,24). The molecule has 0 radical (unpaired) electrons. The van der Waals surface area contributed by atoms with Gasteiger partial charge >= 0.3 is 0 Å². The number of amides is 1. The molecule has 9 heteroatoms. The second kappa shape index (κ2) is 9.94. The van der Waals surface area contributed by atoms with Crippen LogP contribution in [0.3, 0.4) is 0 Å². The third-order valence-corrected chi connectivity index (χ3v) is 5.93. The summed E-state index contributed by atoms with van der Waals surface area (Å²) in [5.74, 6) is 1.36. The van der Waals surface area contributed by atoms with Crippen LogP contribution < -0.4 is 10.1 Å². The lowest BCUT2D eigenvalue weighted by Gasteiger charge is -2.04. The molecular weight excluding hydrogens is 425 g/mol. The summed E-state index contributed by atoms with van der Waals surface area (Å²) < 4.78 is 6.43. The van der Waals surface area contributed by atoms with Crippen molar-refractivity contribution >= 4 is 57.3 Å². The fourth-order valence-corrected chi connectivity index (χ4v) is 4.31. The Balaban J connectivity index is 1.43. The predicted molar refractivity (Wildman–Crippen MR) is 112 cm³/mol. The Morgan fingerprint density at radius 1 is 1.15 bits per heavy atom. The molecule has 0 spiro atoms. The molecule has 2 aromatic carbocycles. The fraction of sp³-hybridized carbons (Fsp3) is 0.167. The highest BCUT2D eigenvalue weighted by Gasteiger charge is 2.13. The van der Waals surface area contributed by atoms with Gasteiger partial charge in [0.2, 0.25) is 5.13 Å². The molecule has 1 heterocycles. The number of carbonyl (C=O) groups excluding carboxylic acids is 1. The maximum atomic E-state index is 12.3. The number of thioether (sulfide) groups is 1. The monoisotopic (exact) mass is 439 g/mol. The van der Waals surface area contributed by atoms with Gasteiger partial charge in [-0.25, -0.2) is 0 Å². The van der Waals surface area contributed by atoms with E-state index in [1.54, 1.807) is 23.9 Å². The van der Waals surface area contributed by atoms with Crippen molar-refractivity contribution in [3.05, 3.63) is 64.1 Å². The summed E-state index contributed by atoms with van der Waals surface area (Å²) in [4.78, 5) is 12.3. The van der Waals surface area contributed by atoms with Crippen LogP contribution in [0.5, 0.6) is 5.75 Å². The smallest absolute Gasteiger partial charge is 0.259 e. The summed E-state index contributed by atoms with van der Waals surface area (Å²) in [7, 11) is 0. The van der Waals surface area contributed by atoms with E-state index in [-0.39, 0.29) is 10.9 Å². The van der Waals surface area contributed by atoms with Crippen molar-refractivity contribution in [1.29, 1.82) is 0 Å². The van der Waals surface area contributed by atoms with Crippen molar-refractivity contribution in [3.63, 3.8) is 0 Å². The second-order valence-electron chi connectivity index (χ2n) is 5.31. The number of para-hydroxylation sites is 1. The molecule has 0 fully saturated rings. The summed E-state index contributed by atoms with van der Waals surface area (Å²) in [6, 6.07) is 14.4. The SMILES string of the molecule is O=C(Nc1nnc(SCCCOc2ccccc2)s1)c1ccc(Cl)cc1Cl. The van der Waals surface area contributed by atoms with Gasteiger partial charge in [0.15, 0.2) is 4.34 Å². The molecule has 0 aliphatic rings. The number of ether oxygens (including phenoxy) is 1. The van der Waals surface area contributed by atoms with E-state index in [9.17, 15) is 4.79 Å². The molecule has 0 saturated carbocycles. The highest BCUT2D eigenvalue weighted by Crippen LogP contribution is 2.27. The Bertz CT molecular complexity index is 907. The minimum Gasteiger partial charge on any atom is -0.494 e. The first-order valence-corrected chi connectivity index (χ1v) is 10.6.